The molecule has 2 aromatic carbocycles. The summed E-state index contributed by atoms with van der Waals surface area (Å²) in [6.45, 7) is 1.75. The second-order valence-electron chi connectivity index (χ2n) is 4.59. The Hall–Kier alpha value is -2.20. The van der Waals surface area contributed by atoms with Crippen LogP contribution in [-0.2, 0) is 0 Å². The first kappa shape index (κ1) is 12.8. The molecule has 0 amide bonds. The van der Waals surface area contributed by atoms with Crippen LogP contribution in [0.5, 0.6) is 0 Å². The molecule has 0 radical (unpaired) electrons. The molecule has 4 heteroatoms. The fourth-order valence-electron chi connectivity index (χ4n) is 1.97. The molecule has 0 aliphatic rings. The van der Waals surface area contributed by atoms with Crippen LogP contribution in [0.1, 0.15) is 5.56 Å². The minimum Gasteiger partial charge on any atom is -0.398 e. The lowest BCUT2D eigenvalue weighted by molar-refractivity contribution is 0.619. The van der Waals surface area contributed by atoms with Crippen molar-refractivity contribution >= 4 is 17.0 Å². The molecule has 0 aliphatic carbocycles. The summed E-state index contributed by atoms with van der Waals surface area (Å²) in [6.07, 6.45) is 0. The number of nitrogens with two attached hydrogens (primary N) is 1. The van der Waals surface area contributed by atoms with Crippen LogP contribution in [0.2, 0.25) is 0 Å². The summed E-state index contributed by atoms with van der Waals surface area (Å²) < 4.78 is 13.6. The molecule has 0 fully saturated rings. The van der Waals surface area contributed by atoms with Gasteiger partial charge >= 0.3 is 0 Å². The maximum absolute atomic E-state index is 13.6. The summed E-state index contributed by atoms with van der Waals surface area (Å²) in [5, 5.41) is 2.77. The van der Waals surface area contributed by atoms with Gasteiger partial charge < -0.3 is 5.73 Å². The number of halogens is 1. The number of hydrogen-bond acceptors (Lipinski definition) is 3. The van der Waals surface area contributed by atoms with Crippen molar-refractivity contribution < 1.29 is 4.39 Å². The number of nitrogen functional groups attached to an aromatic ring is 1. The van der Waals surface area contributed by atoms with Gasteiger partial charge in [0.1, 0.15) is 10.8 Å². The van der Waals surface area contributed by atoms with Gasteiger partial charge in [0.25, 0.3) is 0 Å². The summed E-state index contributed by atoms with van der Waals surface area (Å²) in [5.74, 6) is -0.212. The van der Waals surface area contributed by atoms with Crippen molar-refractivity contribution in [1.29, 1.82) is 0 Å². The molecule has 0 unspecified atom stereocenters. The van der Waals surface area contributed by atoms with E-state index < -0.39 is 0 Å². The monoisotopic (exact) mass is 284 g/mol. The predicted octanol–water partition coefficient (Wildman–Crippen LogP) is 4.51. The molecular formula is C16H13FN2S. The van der Waals surface area contributed by atoms with Gasteiger partial charge in [-0.05, 0) is 30.7 Å². The molecule has 3 aromatic rings. The molecular weight excluding hydrogens is 271 g/mol. The van der Waals surface area contributed by atoms with Crippen molar-refractivity contribution in [2.75, 3.05) is 5.73 Å². The van der Waals surface area contributed by atoms with Gasteiger partial charge in [0.2, 0.25) is 0 Å². The Labute approximate surface area is 120 Å². The minimum atomic E-state index is -0.212. The standard InChI is InChI=1S/C16H13FN2S/c1-10-6-7-11(8-13(10)17)15-9-20-16(19-15)12-4-2-3-5-14(12)18/h2-9H,18H2,1H3. The predicted molar refractivity (Wildman–Crippen MR) is 82.1 cm³/mol. The van der Waals surface area contributed by atoms with Crippen LogP contribution < -0.4 is 5.73 Å². The summed E-state index contributed by atoms with van der Waals surface area (Å²) >= 11 is 1.51. The SMILES string of the molecule is Cc1ccc(-c2csc(-c3ccccc3N)n2)cc1F. The molecule has 0 aliphatic heterocycles. The quantitative estimate of drug-likeness (QED) is 0.703. The maximum atomic E-state index is 13.6. The van der Waals surface area contributed by atoms with Crippen molar-refractivity contribution in [1.82, 2.24) is 4.98 Å². The number of thiazole rings is 1. The van der Waals surface area contributed by atoms with Crippen molar-refractivity contribution in [3.05, 3.63) is 59.2 Å². The molecule has 0 bridgehead atoms. The van der Waals surface area contributed by atoms with E-state index in [4.69, 9.17) is 5.73 Å². The molecule has 3 rings (SSSR count). The lowest BCUT2D eigenvalue weighted by Crippen LogP contribution is -1.89. The Morgan fingerprint density at radius 1 is 1.15 bits per heavy atom. The number of para-hydroxylation sites is 1. The highest BCUT2D eigenvalue weighted by atomic mass is 32.1. The van der Waals surface area contributed by atoms with Gasteiger partial charge in [-0.15, -0.1) is 11.3 Å². The second kappa shape index (κ2) is 5.06. The molecule has 0 saturated heterocycles. The zero-order valence-corrected chi connectivity index (χ0v) is 11.7. The fraction of sp³-hybridized carbons (Fsp3) is 0.0625. The third-order valence-corrected chi connectivity index (χ3v) is 4.04. The number of aromatic nitrogens is 1. The topological polar surface area (TPSA) is 38.9 Å². The van der Waals surface area contributed by atoms with E-state index in [-0.39, 0.29) is 5.82 Å². The van der Waals surface area contributed by atoms with Crippen molar-refractivity contribution in [3.8, 4) is 21.8 Å². The Morgan fingerprint density at radius 2 is 1.95 bits per heavy atom. The largest absolute Gasteiger partial charge is 0.398 e. The number of rotatable bonds is 2. The van der Waals surface area contributed by atoms with Crippen LogP contribution in [0.4, 0.5) is 10.1 Å². The van der Waals surface area contributed by atoms with Gasteiger partial charge in [0.15, 0.2) is 0 Å². The number of aryl methyl sites for hydroxylation is 1. The Kier molecular flexibility index (Phi) is 3.24. The van der Waals surface area contributed by atoms with Crippen LogP contribution in [0, 0.1) is 12.7 Å². The third kappa shape index (κ3) is 2.30. The van der Waals surface area contributed by atoms with Crippen molar-refractivity contribution in [2.24, 2.45) is 0 Å². The Morgan fingerprint density at radius 3 is 2.70 bits per heavy atom. The molecule has 1 aromatic heterocycles. The average Bonchev–Trinajstić information content (AvgIpc) is 2.92. The average molecular weight is 284 g/mol. The van der Waals surface area contributed by atoms with Crippen LogP contribution >= 0.6 is 11.3 Å². The molecule has 0 atom stereocenters. The van der Waals surface area contributed by atoms with E-state index in [1.165, 1.54) is 17.4 Å². The molecule has 0 saturated carbocycles. The van der Waals surface area contributed by atoms with Crippen molar-refractivity contribution in [3.63, 3.8) is 0 Å². The zero-order valence-electron chi connectivity index (χ0n) is 10.9. The van der Waals surface area contributed by atoms with Crippen molar-refractivity contribution in [2.45, 2.75) is 6.92 Å². The number of nitrogens with zero attached hydrogens (tertiary/aromatic N) is 1. The number of anilines is 1. The van der Waals surface area contributed by atoms with Gasteiger partial charge in [0, 0.05) is 22.2 Å². The van der Waals surface area contributed by atoms with E-state index in [2.05, 4.69) is 4.98 Å². The Bertz CT molecular complexity index is 765. The highest BCUT2D eigenvalue weighted by Crippen LogP contribution is 2.32. The summed E-state index contributed by atoms with van der Waals surface area (Å²) in [4.78, 5) is 4.55. The van der Waals surface area contributed by atoms with E-state index in [9.17, 15) is 4.39 Å². The molecule has 2 N–H and O–H groups in total. The van der Waals surface area contributed by atoms with E-state index in [1.54, 1.807) is 13.0 Å². The normalized spacial score (nSPS) is 10.7. The van der Waals surface area contributed by atoms with Gasteiger partial charge in [0.05, 0.1) is 5.69 Å². The summed E-state index contributed by atoms with van der Waals surface area (Å²) in [7, 11) is 0. The van der Waals surface area contributed by atoms with Gasteiger partial charge in [-0.3, -0.25) is 0 Å². The summed E-state index contributed by atoms with van der Waals surface area (Å²) in [6, 6.07) is 12.8. The third-order valence-electron chi connectivity index (χ3n) is 3.16. The first-order chi connectivity index (χ1) is 9.65. The van der Waals surface area contributed by atoms with E-state index in [0.717, 1.165) is 21.8 Å². The second-order valence-corrected chi connectivity index (χ2v) is 5.45. The maximum Gasteiger partial charge on any atom is 0.126 e. The minimum absolute atomic E-state index is 0.212. The van der Waals surface area contributed by atoms with E-state index in [0.29, 0.717) is 11.3 Å². The molecule has 100 valence electrons. The van der Waals surface area contributed by atoms with Crippen LogP contribution in [0.25, 0.3) is 21.8 Å². The lowest BCUT2D eigenvalue weighted by Gasteiger charge is -2.01. The zero-order chi connectivity index (χ0) is 14.1. The highest BCUT2D eigenvalue weighted by molar-refractivity contribution is 7.13. The van der Waals surface area contributed by atoms with Gasteiger partial charge in [-0.2, -0.15) is 0 Å². The Balaban J connectivity index is 2.02. The fourth-order valence-corrected chi connectivity index (χ4v) is 2.85. The number of hydrogen-bond donors (Lipinski definition) is 1. The molecule has 20 heavy (non-hydrogen) atoms. The van der Waals surface area contributed by atoms with Gasteiger partial charge in [-0.25, -0.2) is 9.37 Å². The highest BCUT2D eigenvalue weighted by Gasteiger charge is 2.10. The van der Waals surface area contributed by atoms with E-state index >= 15 is 0 Å². The van der Waals surface area contributed by atoms with E-state index in [1.807, 2.05) is 35.7 Å². The molecule has 0 spiro atoms. The van der Waals surface area contributed by atoms with Crippen LogP contribution in [-0.4, -0.2) is 4.98 Å². The summed E-state index contributed by atoms with van der Waals surface area (Å²) in [5.41, 5.74) is 9.75. The van der Waals surface area contributed by atoms with Gasteiger partial charge in [-0.1, -0.05) is 24.3 Å². The molecule has 1 heterocycles. The lowest BCUT2D eigenvalue weighted by atomic mass is 10.1. The number of benzene rings is 2. The van der Waals surface area contributed by atoms with Crippen LogP contribution in [0.3, 0.4) is 0 Å². The smallest absolute Gasteiger partial charge is 0.126 e. The van der Waals surface area contributed by atoms with Crippen LogP contribution in [0.15, 0.2) is 47.8 Å². The first-order valence-electron chi connectivity index (χ1n) is 6.22. The molecule has 2 nitrogen and oxygen atoms in total. The first-order valence-corrected chi connectivity index (χ1v) is 7.10.